The molecule has 1 aromatic heterocycles. The van der Waals surface area contributed by atoms with Crippen molar-refractivity contribution < 1.29 is 4.79 Å². The van der Waals surface area contributed by atoms with Crippen molar-refractivity contribution >= 4 is 16.8 Å². The van der Waals surface area contributed by atoms with Crippen LogP contribution in [0.5, 0.6) is 0 Å². The minimum atomic E-state index is -0.643. The Morgan fingerprint density at radius 1 is 1.41 bits per heavy atom. The van der Waals surface area contributed by atoms with Crippen LogP contribution in [0, 0.1) is 0 Å². The maximum atomic E-state index is 11.0. The number of amides is 1. The second-order valence-electron chi connectivity index (χ2n) is 4.19. The van der Waals surface area contributed by atoms with E-state index in [0.29, 0.717) is 6.54 Å². The lowest BCUT2D eigenvalue weighted by atomic mass is 10.1. The first kappa shape index (κ1) is 11.7. The Morgan fingerprint density at radius 3 is 2.82 bits per heavy atom. The second-order valence-corrected chi connectivity index (χ2v) is 4.19. The number of rotatable bonds is 4. The molecule has 1 unspecified atom stereocenters. The number of hydrogen-bond donors (Lipinski definition) is 2. The molecule has 0 aliphatic heterocycles. The maximum Gasteiger partial charge on any atom is 0.236 e. The predicted molar refractivity (Wildman–Crippen MR) is 68.5 cm³/mol. The number of para-hydroxylation sites is 1. The Kier molecular flexibility index (Phi) is 3.15. The fourth-order valence-electron chi connectivity index (χ4n) is 2.08. The van der Waals surface area contributed by atoms with Crippen molar-refractivity contribution in [1.29, 1.82) is 0 Å². The predicted octanol–water partition coefficient (Wildman–Crippen LogP) is 1.02. The zero-order valence-electron chi connectivity index (χ0n) is 9.89. The summed E-state index contributed by atoms with van der Waals surface area (Å²) < 4.78 is 2.00. The van der Waals surface area contributed by atoms with E-state index in [9.17, 15) is 4.79 Å². The summed E-state index contributed by atoms with van der Waals surface area (Å²) in [5.74, 6) is -0.471. The van der Waals surface area contributed by atoms with Gasteiger partial charge >= 0.3 is 0 Å². The van der Waals surface area contributed by atoms with Crippen molar-refractivity contribution in [1.82, 2.24) is 4.57 Å². The monoisotopic (exact) mass is 231 g/mol. The molecule has 1 heterocycles. The van der Waals surface area contributed by atoms with Gasteiger partial charge in [0.25, 0.3) is 0 Å². The van der Waals surface area contributed by atoms with E-state index < -0.39 is 11.9 Å². The summed E-state index contributed by atoms with van der Waals surface area (Å²) in [6.07, 6.45) is 2.90. The van der Waals surface area contributed by atoms with Gasteiger partial charge in [-0.1, -0.05) is 25.1 Å². The van der Waals surface area contributed by atoms with Crippen molar-refractivity contribution in [3.63, 3.8) is 0 Å². The van der Waals surface area contributed by atoms with E-state index in [4.69, 9.17) is 11.5 Å². The largest absolute Gasteiger partial charge is 0.368 e. The summed E-state index contributed by atoms with van der Waals surface area (Å²) in [6.45, 7) is 2.54. The van der Waals surface area contributed by atoms with Crippen LogP contribution < -0.4 is 11.5 Å². The summed E-state index contributed by atoms with van der Waals surface area (Å²) in [6, 6.07) is 7.58. The standard InChI is InChI=1S/C13H17N3O/c1-2-9-4-3-5-10-6-7-16(12(9)10)8-11(14)13(15)17/h3-7,11H,2,8,14H2,1H3,(H2,15,17). The van der Waals surface area contributed by atoms with Crippen molar-refractivity contribution in [3.8, 4) is 0 Å². The van der Waals surface area contributed by atoms with E-state index in [-0.39, 0.29) is 0 Å². The molecule has 90 valence electrons. The number of nitrogens with two attached hydrogens (primary N) is 2. The van der Waals surface area contributed by atoms with Crippen LogP contribution in [0.2, 0.25) is 0 Å². The minimum absolute atomic E-state index is 0.426. The highest BCUT2D eigenvalue weighted by Crippen LogP contribution is 2.20. The molecule has 0 aliphatic rings. The van der Waals surface area contributed by atoms with Crippen molar-refractivity contribution in [2.45, 2.75) is 25.9 Å². The number of aryl methyl sites for hydroxylation is 1. The van der Waals surface area contributed by atoms with Gasteiger partial charge in [0.15, 0.2) is 0 Å². The zero-order chi connectivity index (χ0) is 12.4. The molecule has 0 bridgehead atoms. The Labute approximate surface area is 100 Å². The van der Waals surface area contributed by atoms with Gasteiger partial charge in [-0.25, -0.2) is 0 Å². The zero-order valence-corrected chi connectivity index (χ0v) is 9.89. The lowest BCUT2D eigenvalue weighted by molar-refractivity contribution is -0.119. The maximum absolute atomic E-state index is 11.0. The number of carbonyl (C=O) groups excluding carboxylic acids is 1. The summed E-state index contributed by atoms with van der Waals surface area (Å²) in [5.41, 5.74) is 13.3. The molecule has 4 N–H and O–H groups in total. The molecule has 1 aromatic carbocycles. The molecule has 4 nitrogen and oxygen atoms in total. The van der Waals surface area contributed by atoms with Crippen LogP contribution in [0.15, 0.2) is 30.5 Å². The quantitative estimate of drug-likeness (QED) is 0.824. The molecule has 0 fully saturated rings. The molecule has 2 aromatic rings. The molecule has 4 heteroatoms. The first-order valence-electron chi connectivity index (χ1n) is 5.75. The normalized spacial score (nSPS) is 12.8. The number of benzene rings is 1. The number of hydrogen-bond acceptors (Lipinski definition) is 2. The van der Waals surface area contributed by atoms with E-state index in [1.165, 1.54) is 10.9 Å². The topological polar surface area (TPSA) is 74.0 Å². The first-order valence-corrected chi connectivity index (χ1v) is 5.75. The van der Waals surface area contributed by atoms with E-state index in [1.807, 2.05) is 22.9 Å². The molecular formula is C13H17N3O. The molecule has 0 saturated heterocycles. The molecule has 1 amide bonds. The Bertz CT molecular complexity index is 545. The van der Waals surface area contributed by atoms with Crippen LogP contribution in [0.25, 0.3) is 10.9 Å². The first-order chi connectivity index (χ1) is 8.13. The fourth-order valence-corrected chi connectivity index (χ4v) is 2.08. The highest BCUT2D eigenvalue weighted by molar-refractivity contribution is 5.84. The van der Waals surface area contributed by atoms with Crippen LogP contribution in [0.4, 0.5) is 0 Å². The third kappa shape index (κ3) is 2.17. The second kappa shape index (κ2) is 4.59. The fraction of sp³-hybridized carbons (Fsp3) is 0.308. The van der Waals surface area contributed by atoms with E-state index in [1.54, 1.807) is 0 Å². The highest BCUT2D eigenvalue weighted by atomic mass is 16.1. The average molecular weight is 231 g/mol. The molecule has 0 radical (unpaired) electrons. The van der Waals surface area contributed by atoms with E-state index in [2.05, 4.69) is 19.1 Å². The SMILES string of the molecule is CCc1cccc2ccn(CC(N)C(N)=O)c12. The van der Waals surface area contributed by atoms with Crippen LogP contribution in [-0.4, -0.2) is 16.5 Å². The number of fused-ring (bicyclic) bond motifs is 1. The minimum Gasteiger partial charge on any atom is -0.368 e. The van der Waals surface area contributed by atoms with Gasteiger partial charge in [-0.3, -0.25) is 4.79 Å². The van der Waals surface area contributed by atoms with E-state index in [0.717, 1.165) is 11.9 Å². The molecule has 0 saturated carbocycles. The van der Waals surface area contributed by atoms with Gasteiger partial charge in [-0.15, -0.1) is 0 Å². The number of nitrogens with zero attached hydrogens (tertiary/aromatic N) is 1. The molecule has 1 atom stereocenters. The van der Waals surface area contributed by atoms with Gasteiger partial charge in [0.1, 0.15) is 6.04 Å². The van der Waals surface area contributed by atoms with Gasteiger partial charge < -0.3 is 16.0 Å². The van der Waals surface area contributed by atoms with E-state index >= 15 is 0 Å². The van der Waals surface area contributed by atoms with Gasteiger partial charge in [-0.05, 0) is 23.4 Å². The summed E-state index contributed by atoms with van der Waals surface area (Å²) in [5, 5.41) is 1.17. The summed E-state index contributed by atoms with van der Waals surface area (Å²) >= 11 is 0. The third-order valence-electron chi connectivity index (χ3n) is 3.01. The van der Waals surface area contributed by atoms with Crippen LogP contribution in [0.1, 0.15) is 12.5 Å². The Balaban J connectivity index is 2.44. The van der Waals surface area contributed by atoms with Crippen LogP contribution >= 0.6 is 0 Å². The molecule has 17 heavy (non-hydrogen) atoms. The van der Waals surface area contributed by atoms with Gasteiger partial charge in [0, 0.05) is 12.7 Å². The lowest BCUT2D eigenvalue weighted by Gasteiger charge is -2.12. The van der Waals surface area contributed by atoms with Crippen molar-refractivity contribution in [3.05, 3.63) is 36.0 Å². The van der Waals surface area contributed by atoms with Crippen LogP contribution in [0.3, 0.4) is 0 Å². The third-order valence-corrected chi connectivity index (χ3v) is 3.01. The lowest BCUT2D eigenvalue weighted by Crippen LogP contribution is -2.39. The number of primary amides is 1. The average Bonchev–Trinajstić information content (AvgIpc) is 2.72. The Hall–Kier alpha value is -1.81. The number of carbonyl (C=O) groups is 1. The van der Waals surface area contributed by atoms with Gasteiger partial charge in [-0.2, -0.15) is 0 Å². The van der Waals surface area contributed by atoms with Gasteiger partial charge in [0.2, 0.25) is 5.91 Å². The summed E-state index contributed by atoms with van der Waals surface area (Å²) in [4.78, 5) is 11.0. The van der Waals surface area contributed by atoms with Gasteiger partial charge in [0.05, 0.1) is 5.52 Å². The number of aromatic nitrogens is 1. The van der Waals surface area contributed by atoms with Crippen molar-refractivity contribution in [2.75, 3.05) is 0 Å². The molecule has 0 aliphatic carbocycles. The molecular weight excluding hydrogens is 214 g/mol. The summed E-state index contributed by atoms with van der Waals surface area (Å²) in [7, 11) is 0. The van der Waals surface area contributed by atoms with Crippen LogP contribution in [-0.2, 0) is 17.8 Å². The Morgan fingerprint density at radius 2 is 2.18 bits per heavy atom. The smallest absolute Gasteiger partial charge is 0.236 e. The van der Waals surface area contributed by atoms with Crippen molar-refractivity contribution in [2.24, 2.45) is 11.5 Å². The molecule has 2 rings (SSSR count). The molecule has 0 spiro atoms. The highest BCUT2D eigenvalue weighted by Gasteiger charge is 2.12.